The minimum Gasteiger partial charge on any atom is -0.462 e. The molecule has 0 spiro atoms. The van der Waals surface area contributed by atoms with E-state index in [1.165, 1.54) is 13.3 Å². The second-order valence-corrected chi connectivity index (χ2v) is 3.90. The molecule has 1 unspecified atom stereocenters. The van der Waals surface area contributed by atoms with Crippen molar-refractivity contribution in [2.24, 2.45) is 0 Å². The molecule has 0 saturated carbocycles. The Morgan fingerprint density at radius 3 is 2.89 bits per heavy atom. The first-order valence-corrected chi connectivity index (χ1v) is 6.00. The smallest absolute Gasteiger partial charge is 0.341 e. The maximum atomic E-state index is 11.5. The van der Waals surface area contributed by atoms with Crippen LogP contribution in [0.3, 0.4) is 0 Å². The molecular formula is C12H19N3O4. The number of aliphatic hydroxyl groups is 1. The summed E-state index contributed by atoms with van der Waals surface area (Å²) in [6, 6.07) is 0. The summed E-state index contributed by atoms with van der Waals surface area (Å²) in [5.41, 5.74) is 0.863. The van der Waals surface area contributed by atoms with E-state index in [-0.39, 0.29) is 13.2 Å². The predicted molar refractivity (Wildman–Crippen MR) is 69.1 cm³/mol. The summed E-state index contributed by atoms with van der Waals surface area (Å²) in [6.45, 7) is 4.24. The third-order valence-corrected chi connectivity index (χ3v) is 2.33. The minimum atomic E-state index is -0.640. The molecule has 0 saturated heterocycles. The van der Waals surface area contributed by atoms with Crippen molar-refractivity contribution in [3.05, 3.63) is 17.5 Å². The molecule has 7 heteroatoms. The second-order valence-electron chi connectivity index (χ2n) is 3.90. The first-order valence-electron chi connectivity index (χ1n) is 6.00. The Balaban J connectivity index is 2.64. The van der Waals surface area contributed by atoms with Crippen molar-refractivity contribution in [1.82, 2.24) is 9.97 Å². The van der Waals surface area contributed by atoms with Gasteiger partial charge in [0.05, 0.1) is 30.6 Å². The number of hydrogen-bond acceptors (Lipinski definition) is 7. The van der Waals surface area contributed by atoms with Crippen molar-refractivity contribution in [2.45, 2.75) is 20.0 Å². The van der Waals surface area contributed by atoms with E-state index in [0.717, 1.165) is 0 Å². The van der Waals surface area contributed by atoms with Crippen LogP contribution in [-0.4, -0.2) is 54.0 Å². The van der Waals surface area contributed by atoms with Crippen LogP contribution < -0.4 is 5.32 Å². The number of ether oxygens (including phenoxy) is 2. The molecule has 1 aromatic rings. The number of aryl methyl sites for hydroxylation is 1. The number of methoxy groups -OCH3 is 1. The van der Waals surface area contributed by atoms with E-state index in [0.29, 0.717) is 23.8 Å². The molecule has 1 rings (SSSR count). The topological polar surface area (TPSA) is 93.6 Å². The molecule has 0 fully saturated rings. The average Bonchev–Trinajstić information content (AvgIpc) is 2.37. The molecule has 0 amide bonds. The van der Waals surface area contributed by atoms with Gasteiger partial charge >= 0.3 is 5.97 Å². The summed E-state index contributed by atoms with van der Waals surface area (Å²) in [7, 11) is 1.51. The van der Waals surface area contributed by atoms with Crippen molar-refractivity contribution in [1.29, 1.82) is 0 Å². The molecular weight excluding hydrogens is 250 g/mol. The van der Waals surface area contributed by atoms with Crippen LogP contribution in [-0.2, 0) is 9.47 Å². The van der Waals surface area contributed by atoms with Crippen molar-refractivity contribution in [2.75, 3.05) is 32.2 Å². The van der Waals surface area contributed by atoms with Gasteiger partial charge in [-0.15, -0.1) is 0 Å². The number of carbonyl (C=O) groups is 1. The lowest BCUT2D eigenvalue weighted by atomic mass is 10.2. The third-order valence-electron chi connectivity index (χ3n) is 2.33. The van der Waals surface area contributed by atoms with E-state index in [9.17, 15) is 9.90 Å². The number of nitrogens with one attached hydrogen (secondary N) is 1. The Morgan fingerprint density at radius 2 is 2.32 bits per heavy atom. The fraction of sp³-hybridized carbons (Fsp3) is 0.583. The van der Waals surface area contributed by atoms with E-state index in [1.54, 1.807) is 13.8 Å². The minimum absolute atomic E-state index is 0.229. The zero-order valence-corrected chi connectivity index (χ0v) is 11.3. The molecule has 1 aromatic heterocycles. The number of nitrogens with zero attached hydrogens (tertiary/aromatic N) is 2. The van der Waals surface area contributed by atoms with E-state index in [1.807, 2.05) is 0 Å². The SMILES string of the molecule is CCOC(=O)c1cnc(NCC(O)COC)nc1C. The lowest BCUT2D eigenvalue weighted by Gasteiger charge is -2.11. The fourth-order valence-electron chi connectivity index (χ4n) is 1.42. The first kappa shape index (κ1) is 15.3. The van der Waals surface area contributed by atoms with Crippen LogP contribution in [0.5, 0.6) is 0 Å². The summed E-state index contributed by atoms with van der Waals surface area (Å²) in [4.78, 5) is 19.7. The van der Waals surface area contributed by atoms with Gasteiger partial charge in [-0.3, -0.25) is 0 Å². The maximum absolute atomic E-state index is 11.5. The van der Waals surface area contributed by atoms with Gasteiger partial charge < -0.3 is 19.9 Å². The Hall–Kier alpha value is -1.73. The van der Waals surface area contributed by atoms with Gasteiger partial charge in [-0.2, -0.15) is 0 Å². The summed E-state index contributed by atoms with van der Waals surface area (Å²) in [5.74, 6) is -0.0910. The number of aliphatic hydroxyl groups excluding tert-OH is 1. The zero-order valence-electron chi connectivity index (χ0n) is 11.3. The van der Waals surface area contributed by atoms with Gasteiger partial charge in [-0.25, -0.2) is 14.8 Å². The third kappa shape index (κ3) is 4.80. The predicted octanol–water partition coefficient (Wildman–Crippen LogP) is 0.381. The van der Waals surface area contributed by atoms with Crippen LogP contribution in [0.1, 0.15) is 23.0 Å². The molecule has 0 aliphatic rings. The Bertz CT molecular complexity index is 425. The fourth-order valence-corrected chi connectivity index (χ4v) is 1.42. The van der Waals surface area contributed by atoms with Gasteiger partial charge in [0, 0.05) is 19.9 Å². The van der Waals surface area contributed by atoms with Gasteiger partial charge in [-0.05, 0) is 13.8 Å². The molecule has 1 heterocycles. The molecule has 7 nitrogen and oxygen atoms in total. The maximum Gasteiger partial charge on any atom is 0.341 e. The van der Waals surface area contributed by atoms with Crippen molar-refractivity contribution in [3.63, 3.8) is 0 Å². The van der Waals surface area contributed by atoms with Gasteiger partial charge in [-0.1, -0.05) is 0 Å². The summed E-state index contributed by atoms with van der Waals surface area (Å²) >= 11 is 0. The van der Waals surface area contributed by atoms with Gasteiger partial charge in [0.1, 0.15) is 0 Å². The van der Waals surface area contributed by atoms with Crippen LogP contribution in [0.4, 0.5) is 5.95 Å². The number of aromatic nitrogens is 2. The Kier molecular flexibility index (Phi) is 6.17. The summed E-state index contributed by atoms with van der Waals surface area (Å²) in [5, 5.41) is 12.3. The molecule has 0 aliphatic carbocycles. The van der Waals surface area contributed by atoms with Crippen molar-refractivity contribution >= 4 is 11.9 Å². The monoisotopic (exact) mass is 269 g/mol. The molecule has 19 heavy (non-hydrogen) atoms. The average molecular weight is 269 g/mol. The van der Waals surface area contributed by atoms with Crippen LogP contribution in [0.15, 0.2) is 6.20 Å². The van der Waals surface area contributed by atoms with Gasteiger partial charge in [0.15, 0.2) is 0 Å². The molecule has 2 N–H and O–H groups in total. The van der Waals surface area contributed by atoms with Crippen LogP contribution >= 0.6 is 0 Å². The summed E-state index contributed by atoms with van der Waals surface area (Å²) in [6.07, 6.45) is 0.768. The standard InChI is InChI=1S/C12H19N3O4/c1-4-19-11(17)10-6-14-12(15-8(10)2)13-5-9(16)7-18-3/h6,9,16H,4-5,7H2,1-3H3,(H,13,14,15). The lowest BCUT2D eigenvalue weighted by Crippen LogP contribution is -2.25. The largest absolute Gasteiger partial charge is 0.462 e. The van der Waals surface area contributed by atoms with Crippen molar-refractivity contribution < 1.29 is 19.4 Å². The van der Waals surface area contributed by atoms with Crippen LogP contribution in [0.2, 0.25) is 0 Å². The van der Waals surface area contributed by atoms with Gasteiger partial charge in [0.2, 0.25) is 5.95 Å². The highest BCUT2D eigenvalue weighted by atomic mass is 16.5. The molecule has 1 atom stereocenters. The van der Waals surface area contributed by atoms with Gasteiger partial charge in [0.25, 0.3) is 0 Å². The van der Waals surface area contributed by atoms with Crippen LogP contribution in [0.25, 0.3) is 0 Å². The number of esters is 1. The molecule has 0 bridgehead atoms. The second kappa shape index (κ2) is 7.65. The number of hydrogen-bond donors (Lipinski definition) is 2. The number of carbonyl (C=O) groups excluding carboxylic acids is 1. The quantitative estimate of drug-likeness (QED) is 0.691. The van der Waals surface area contributed by atoms with E-state index < -0.39 is 12.1 Å². The Morgan fingerprint density at radius 1 is 1.58 bits per heavy atom. The molecule has 0 aliphatic heterocycles. The van der Waals surface area contributed by atoms with E-state index in [4.69, 9.17) is 9.47 Å². The highest BCUT2D eigenvalue weighted by Crippen LogP contribution is 2.08. The zero-order chi connectivity index (χ0) is 14.3. The Labute approximate surface area is 112 Å². The molecule has 0 radical (unpaired) electrons. The molecule has 106 valence electrons. The van der Waals surface area contributed by atoms with Crippen LogP contribution in [0, 0.1) is 6.92 Å². The van der Waals surface area contributed by atoms with Crippen molar-refractivity contribution in [3.8, 4) is 0 Å². The lowest BCUT2D eigenvalue weighted by molar-refractivity contribution is 0.0524. The first-order chi connectivity index (χ1) is 9.08. The van der Waals surface area contributed by atoms with E-state index in [2.05, 4.69) is 15.3 Å². The summed E-state index contributed by atoms with van der Waals surface area (Å²) < 4.78 is 9.68. The van der Waals surface area contributed by atoms with E-state index >= 15 is 0 Å². The number of anilines is 1. The molecule has 0 aromatic carbocycles. The highest BCUT2D eigenvalue weighted by Gasteiger charge is 2.13. The normalized spacial score (nSPS) is 12.0. The highest BCUT2D eigenvalue weighted by molar-refractivity contribution is 5.90. The number of rotatable bonds is 7.